The third kappa shape index (κ3) is 5.41. The summed E-state index contributed by atoms with van der Waals surface area (Å²) in [6.07, 6.45) is 0.955. The van der Waals surface area contributed by atoms with Crippen molar-refractivity contribution in [3.63, 3.8) is 0 Å². The van der Waals surface area contributed by atoms with Gasteiger partial charge in [0.1, 0.15) is 5.75 Å². The molecule has 6 heteroatoms. The highest BCUT2D eigenvalue weighted by atomic mass is 16.5. The molecule has 0 spiro atoms. The van der Waals surface area contributed by atoms with Crippen molar-refractivity contribution in [3.05, 3.63) is 53.6 Å². The number of carbonyl (C=O) groups is 1. The molecule has 1 aliphatic heterocycles. The van der Waals surface area contributed by atoms with Gasteiger partial charge in [0.25, 0.3) is 5.91 Å². The van der Waals surface area contributed by atoms with E-state index in [1.54, 1.807) is 26.4 Å². The van der Waals surface area contributed by atoms with Crippen molar-refractivity contribution in [1.82, 2.24) is 9.80 Å². The summed E-state index contributed by atoms with van der Waals surface area (Å²) in [5.41, 5.74) is 1.89. The van der Waals surface area contributed by atoms with Crippen molar-refractivity contribution < 1.29 is 19.0 Å². The van der Waals surface area contributed by atoms with Crippen molar-refractivity contribution in [2.24, 2.45) is 0 Å². The normalized spacial score (nSPS) is 14.9. The lowest BCUT2D eigenvalue weighted by atomic mass is 10.1. The van der Waals surface area contributed by atoms with Crippen LogP contribution >= 0.6 is 0 Å². The summed E-state index contributed by atoms with van der Waals surface area (Å²) in [7, 11) is 3.28. The molecule has 1 fully saturated rings. The fraction of sp³-hybridized carbons (Fsp3) is 0.435. The first-order valence-corrected chi connectivity index (χ1v) is 10.1. The number of nitrogens with zero attached hydrogens (tertiary/aromatic N) is 2. The highest BCUT2D eigenvalue weighted by molar-refractivity contribution is 5.95. The van der Waals surface area contributed by atoms with Crippen molar-refractivity contribution >= 4 is 5.91 Å². The number of amides is 1. The Kier molecular flexibility index (Phi) is 7.36. The average molecular weight is 399 g/mol. The summed E-state index contributed by atoms with van der Waals surface area (Å²) >= 11 is 0. The van der Waals surface area contributed by atoms with Gasteiger partial charge in [-0.25, -0.2) is 0 Å². The van der Waals surface area contributed by atoms with Gasteiger partial charge in [-0.3, -0.25) is 9.69 Å². The highest BCUT2D eigenvalue weighted by Crippen LogP contribution is 2.28. The standard InChI is InChI=1S/C23H30N2O4/c1-4-29-22-16-19(8-11-21(22)28-3)23(26)25-13-5-12-24(14-15-25)17-18-6-9-20(27-2)10-7-18/h6-11,16H,4-5,12-15,17H2,1-3H3. The minimum absolute atomic E-state index is 0.0416. The van der Waals surface area contributed by atoms with Crippen molar-refractivity contribution in [2.75, 3.05) is 47.0 Å². The predicted molar refractivity (Wildman–Crippen MR) is 113 cm³/mol. The molecule has 1 saturated heterocycles. The topological polar surface area (TPSA) is 51.2 Å². The van der Waals surface area contributed by atoms with Crippen LogP contribution < -0.4 is 14.2 Å². The average Bonchev–Trinajstić information content (AvgIpc) is 2.99. The highest BCUT2D eigenvalue weighted by Gasteiger charge is 2.21. The van der Waals surface area contributed by atoms with Crippen LogP contribution in [0.15, 0.2) is 42.5 Å². The van der Waals surface area contributed by atoms with Gasteiger partial charge in [0, 0.05) is 38.3 Å². The van der Waals surface area contributed by atoms with Crippen LogP contribution in [0, 0.1) is 0 Å². The zero-order valence-electron chi connectivity index (χ0n) is 17.5. The fourth-order valence-electron chi connectivity index (χ4n) is 3.58. The molecule has 1 heterocycles. The first-order valence-electron chi connectivity index (χ1n) is 10.1. The quantitative estimate of drug-likeness (QED) is 0.715. The minimum Gasteiger partial charge on any atom is -0.497 e. The van der Waals surface area contributed by atoms with E-state index in [1.165, 1.54) is 5.56 Å². The summed E-state index contributed by atoms with van der Waals surface area (Å²) in [5.74, 6) is 2.16. The Balaban J connectivity index is 1.62. The Morgan fingerprint density at radius 3 is 2.41 bits per heavy atom. The van der Waals surface area contributed by atoms with Crippen molar-refractivity contribution in [2.45, 2.75) is 19.9 Å². The minimum atomic E-state index is 0.0416. The Bertz CT molecular complexity index is 807. The van der Waals surface area contributed by atoms with Gasteiger partial charge in [-0.2, -0.15) is 0 Å². The molecule has 2 aromatic carbocycles. The van der Waals surface area contributed by atoms with Crippen LogP contribution in [0.5, 0.6) is 17.2 Å². The molecule has 0 N–H and O–H groups in total. The van der Waals surface area contributed by atoms with Crippen LogP contribution in [0.2, 0.25) is 0 Å². The molecule has 2 aromatic rings. The Labute approximate surface area is 173 Å². The van der Waals surface area contributed by atoms with E-state index >= 15 is 0 Å². The molecule has 156 valence electrons. The molecule has 0 radical (unpaired) electrons. The monoisotopic (exact) mass is 398 g/mol. The second kappa shape index (κ2) is 10.2. The van der Waals surface area contributed by atoms with E-state index in [0.717, 1.165) is 38.3 Å². The van der Waals surface area contributed by atoms with E-state index in [2.05, 4.69) is 17.0 Å². The molecule has 3 rings (SSSR count). The number of rotatable bonds is 7. The van der Waals surface area contributed by atoms with E-state index in [1.807, 2.05) is 30.0 Å². The molecule has 0 saturated carbocycles. The summed E-state index contributed by atoms with van der Waals surface area (Å²) in [6.45, 7) is 6.62. The molecule has 6 nitrogen and oxygen atoms in total. The van der Waals surface area contributed by atoms with Gasteiger partial charge < -0.3 is 19.1 Å². The number of hydrogen-bond acceptors (Lipinski definition) is 5. The van der Waals surface area contributed by atoms with E-state index in [0.29, 0.717) is 30.2 Å². The number of methoxy groups -OCH3 is 2. The molecular weight excluding hydrogens is 368 g/mol. The van der Waals surface area contributed by atoms with Crippen molar-refractivity contribution in [3.8, 4) is 17.2 Å². The molecule has 0 aromatic heterocycles. The van der Waals surface area contributed by atoms with Gasteiger partial charge in [-0.05, 0) is 49.2 Å². The Hall–Kier alpha value is -2.73. The Morgan fingerprint density at radius 2 is 1.72 bits per heavy atom. The van der Waals surface area contributed by atoms with Crippen LogP contribution in [0.1, 0.15) is 29.3 Å². The van der Waals surface area contributed by atoms with E-state index in [-0.39, 0.29) is 5.91 Å². The molecule has 1 amide bonds. The van der Waals surface area contributed by atoms with Crippen LogP contribution in [0.3, 0.4) is 0 Å². The van der Waals surface area contributed by atoms with E-state index < -0.39 is 0 Å². The first kappa shape index (κ1) is 21.0. The van der Waals surface area contributed by atoms with E-state index in [9.17, 15) is 4.79 Å². The largest absolute Gasteiger partial charge is 0.497 e. The molecule has 0 aliphatic carbocycles. The molecule has 0 atom stereocenters. The predicted octanol–water partition coefficient (Wildman–Crippen LogP) is 3.45. The third-order valence-electron chi connectivity index (χ3n) is 5.15. The Morgan fingerprint density at radius 1 is 0.931 bits per heavy atom. The van der Waals surface area contributed by atoms with Gasteiger partial charge in [0.2, 0.25) is 0 Å². The third-order valence-corrected chi connectivity index (χ3v) is 5.15. The molecule has 1 aliphatic rings. The molecular formula is C23H30N2O4. The fourth-order valence-corrected chi connectivity index (χ4v) is 3.58. The first-order chi connectivity index (χ1) is 14.1. The maximum atomic E-state index is 13.0. The molecule has 0 unspecified atom stereocenters. The second-order valence-electron chi connectivity index (χ2n) is 7.07. The zero-order chi connectivity index (χ0) is 20.6. The van der Waals surface area contributed by atoms with Crippen LogP contribution in [0.4, 0.5) is 0 Å². The number of hydrogen-bond donors (Lipinski definition) is 0. The van der Waals surface area contributed by atoms with Gasteiger partial charge in [-0.15, -0.1) is 0 Å². The molecule has 0 bridgehead atoms. The summed E-state index contributed by atoms with van der Waals surface area (Å²) < 4.78 is 16.2. The maximum Gasteiger partial charge on any atom is 0.254 e. The lowest BCUT2D eigenvalue weighted by molar-refractivity contribution is 0.0760. The van der Waals surface area contributed by atoms with Gasteiger partial charge in [0.05, 0.1) is 20.8 Å². The number of carbonyl (C=O) groups excluding carboxylic acids is 1. The number of ether oxygens (including phenoxy) is 3. The summed E-state index contributed by atoms with van der Waals surface area (Å²) in [5, 5.41) is 0. The van der Waals surface area contributed by atoms with Crippen LogP contribution in [0.25, 0.3) is 0 Å². The smallest absolute Gasteiger partial charge is 0.254 e. The molecule has 29 heavy (non-hydrogen) atoms. The summed E-state index contributed by atoms with van der Waals surface area (Å²) in [6, 6.07) is 13.6. The van der Waals surface area contributed by atoms with Crippen molar-refractivity contribution in [1.29, 1.82) is 0 Å². The van der Waals surface area contributed by atoms with Gasteiger partial charge >= 0.3 is 0 Å². The van der Waals surface area contributed by atoms with Crippen LogP contribution in [-0.2, 0) is 6.54 Å². The summed E-state index contributed by atoms with van der Waals surface area (Å²) in [4.78, 5) is 17.4. The SMILES string of the molecule is CCOc1cc(C(=O)N2CCCN(Cc3ccc(OC)cc3)CC2)ccc1OC. The number of benzene rings is 2. The van der Waals surface area contributed by atoms with Gasteiger partial charge in [-0.1, -0.05) is 12.1 Å². The maximum absolute atomic E-state index is 13.0. The zero-order valence-corrected chi connectivity index (χ0v) is 17.5. The van der Waals surface area contributed by atoms with Crippen LogP contribution in [-0.4, -0.2) is 62.7 Å². The lowest BCUT2D eigenvalue weighted by Gasteiger charge is -2.22. The van der Waals surface area contributed by atoms with E-state index in [4.69, 9.17) is 14.2 Å². The second-order valence-corrected chi connectivity index (χ2v) is 7.07. The lowest BCUT2D eigenvalue weighted by Crippen LogP contribution is -2.35. The van der Waals surface area contributed by atoms with Gasteiger partial charge in [0.15, 0.2) is 11.5 Å².